The van der Waals surface area contributed by atoms with E-state index in [1.54, 1.807) is 18.3 Å². The van der Waals surface area contributed by atoms with Crippen molar-refractivity contribution in [1.29, 1.82) is 0 Å². The maximum Gasteiger partial charge on any atom is 0.180 e. The van der Waals surface area contributed by atoms with Crippen LogP contribution in [-0.4, -0.2) is 19.9 Å². The molecule has 0 bridgehead atoms. The van der Waals surface area contributed by atoms with E-state index in [9.17, 15) is 0 Å². The van der Waals surface area contributed by atoms with Crippen molar-refractivity contribution in [3.05, 3.63) is 33.4 Å². The highest BCUT2D eigenvalue weighted by molar-refractivity contribution is 9.11. The lowest BCUT2D eigenvalue weighted by Gasteiger charge is -2.01. The summed E-state index contributed by atoms with van der Waals surface area (Å²) in [6.07, 6.45) is 1.69. The van der Waals surface area contributed by atoms with Gasteiger partial charge in [0.05, 0.1) is 0 Å². The van der Waals surface area contributed by atoms with Crippen LogP contribution in [0.5, 0.6) is 0 Å². The molecular formula is C9H6Br2N4. The van der Waals surface area contributed by atoms with Gasteiger partial charge in [0, 0.05) is 12.3 Å². The van der Waals surface area contributed by atoms with E-state index in [4.69, 9.17) is 0 Å². The lowest BCUT2D eigenvalue weighted by molar-refractivity contribution is 1.02. The Labute approximate surface area is 103 Å². The predicted molar refractivity (Wildman–Crippen MR) is 63.2 cm³/mol. The van der Waals surface area contributed by atoms with Gasteiger partial charge in [-0.05, 0) is 44.8 Å². The van der Waals surface area contributed by atoms with Crippen LogP contribution in [0.2, 0.25) is 0 Å². The molecule has 0 radical (unpaired) electrons. The van der Waals surface area contributed by atoms with Crippen molar-refractivity contribution in [3.8, 4) is 11.5 Å². The normalized spacial score (nSPS) is 10.3. The van der Waals surface area contributed by atoms with Gasteiger partial charge in [-0.15, -0.1) is 0 Å². The first-order chi connectivity index (χ1) is 7.15. The second-order valence-electron chi connectivity index (χ2n) is 2.83. The van der Waals surface area contributed by atoms with Gasteiger partial charge >= 0.3 is 0 Å². The fraction of sp³-hybridized carbons (Fsp3) is 0.111. The number of nitrogens with zero attached hydrogens (tertiary/aromatic N) is 4. The van der Waals surface area contributed by atoms with E-state index < -0.39 is 0 Å². The Morgan fingerprint density at radius 1 is 1.07 bits per heavy atom. The minimum Gasteiger partial charge on any atom is -0.242 e. The van der Waals surface area contributed by atoms with Crippen molar-refractivity contribution >= 4 is 31.9 Å². The third-order valence-corrected chi connectivity index (χ3v) is 2.48. The molecule has 0 saturated heterocycles. The predicted octanol–water partition coefficient (Wildman–Crippen LogP) is 2.77. The van der Waals surface area contributed by atoms with Gasteiger partial charge in [-0.3, -0.25) is 0 Å². The van der Waals surface area contributed by atoms with E-state index in [1.165, 1.54) is 0 Å². The van der Waals surface area contributed by atoms with Gasteiger partial charge < -0.3 is 0 Å². The van der Waals surface area contributed by atoms with Crippen LogP contribution in [0.25, 0.3) is 11.5 Å². The number of aromatic nitrogens is 4. The molecular weight excluding hydrogens is 324 g/mol. The van der Waals surface area contributed by atoms with Crippen molar-refractivity contribution in [2.24, 2.45) is 0 Å². The average molecular weight is 330 g/mol. The van der Waals surface area contributed by atoms with E-state index in [0.29, 0.717) is 17.3 Å². The van der Waals surface area contributed by atoms with Gasteiger partial charge in [-0.2, -0.15) is 0 Å². The third-order valence-electron chi connectivity index (χ3n) is 1.67. The first-order valence-electron chi connectivity index (χ1n) is 4.15. The molecule has 0 aliphatic heterocycles. The Morgan fingerprint density at radius 3 is 2.33 bits per heavy atom. The quantitative estimate of drug-likeness (QED) is 0.755. The number of aryl methyl sites for hydroxylation is 1. The summed E-state index contributed by atoms with van der Waals surface area (Å²) in [5, 5.41) is 0. The average Bonchev–Trinajstić information content (AvgIpc) is 2.16. The highest BCUT2D eigenvalue weighted by Crippen LogP contribution is 2.18. The molecule has 0 aliphatic carbocycles. The Balaban J connectivity index is 2.54. The summed E-state index contributed by atoms with van der Waals surface area (Å²) < 4.78 is 1.44. The Hall–Kier alpha value is -0.880. The first kappa shape index (κ1) is 10.6. The summed E-state index contributed by atoms with van der Waals surface area (Å²) >= 11 is 6.61. The number of hydrogen-bond donors (Lipinski definition) is 0. The zero-order valence-corrected chi connectivity index (χ0v) is 10.9. The van der Waals surface area contributed by atoms with Gasteiger partial charge in [-0.25, -0.2) is 19.9 Å². The van der Waals surface area contributed by atoms with Gasteiger partial charge in [0.25, 0.3) is 0 Å². The Kier molecular flexibility index (Phi) is 3.06. The van der Waals surface area contributed by atoms with E-state index in [0.717, 1.165) is 9.21 Å². The first-order valence-corrected chi connectivity index (χ1v) is 5.74. The largest absolute Gasteiger partial charge is 0.242 e. The molecule has 2 heterocycles. The molecule has 0 N–H and O–H groups in total. The summed E-state index contributed by atoms with van der Waals surface area (Å²) in [5.74, 6) is 1.27. The van der Waals surface area contributed by atoms with E-state index in [1.807, 2.05) is 6.92 Å². The maximum absolute atomic E-state index is 4.25. The van der Waals surface area contributed by atoms with Gasteiger partial charge in [0.1, 0.15) is 20.7 Å². The molecule has 15 heavy (non-hydrogen) atoms. The van der Waals surface area contributed by atoms with Crippen molar-refractivity contribution in [3.63, 3.8) is 0 Å². The van der Waals surface area contributed by atoms with Crippen LogP contribution in [0.1, 0.15) is 5.82 Å². The summed E-state index contributed by atoms with van der Waals surface area (Å²) in [5.41, 5.74) is 0.713. The summed E-state index contributed by atoms with van der Waals surface area (Å²) in [7, 11) is 0. The molecule has 0 fully saturated rings. The Morgan fingerprint density at radius 2 is 1.73 bits per heavy atom. The van der Waals surface area contributed by atoms with Crippen molar-refractivity contribution < 1.29 is 0 Å². The molecule has 2 aromatic heterocycles. The Bertz CT molecular complexity index is 481. The number of halogens is 2. The number of hydrogen-bond acceptors (Lipinski definition) is 4. The molecule has 0 unspecified atom stereocenters. The second-order valence-corrected chi connectivity index (χ2v) is 4.45. The summed E-state index contributed by atoms with van der Waals surface area (Å²) in [6.45, 7) is 1.83. The summed E-state index contributed by atoms with van der Waals surface area (Å²) in [4.78, 5) is 16.7. The fourth-order valence-corrected chi connectivity index (χ4v) is 2.16. The van der Waals surface area contributed by atoms with Crippen LogP contribution >= 0.6 is 31.9 Å². The molecule has 76 valence electrons. The topological polar surface area (TPSA) is 51.6 Å². The van der Waals surface area contributed by atoms with E-state index in [2.05, 4.69) is 51.8 Å². The highest BCUT2D eigenvalue weighted by atomic mass is 79.9. The molecule has 0 amide bonds. The van der Waals surface area contributed by atoms with Gasteiger partial charge in [0.2, 0.25) is 0 Å². The van der Waals surface area contributed by atoms with E-state index >= 15 is 0 Å². The zero-order chi connectivity index (χ0) is 10.8. The van der Waals surface area contributed by atoms with E-state index in [-0.39, 0.29) is 0 Å². The molecule has 6 heteroatoms. The smallest absolute Gasteiger partial charge is 0.180 e. The SMILES string of the molecule is Cc1nccc(-c2nc(Br)cc(Br)n2)n1. The van der Waals surface area contributed by atoms with Gasteiger partial charge in [-0.1, -0.05) is 0 Å². The standard InChI is InChI=1S/C9H6Br2N4/c1-5-12-3-2-6(13-5)9-14-7(10)4-8(11)15-9/h2-4H,1H3. The van der Waals surface area contributed by atoms with Crippen LogP contribution in [0.4, 0.5) is 0 Å². The second kappa shape index (κ2) is 4.32. The van der Waals surface area contributed by atoms with Crippen molar-refractivity contribution in [2.45, 2.75) is 6.92 Å². The third kappa shape index (κ3) is 2.57. The lowest BCUT2D eigenvalue weighted by atomic mass is 10.4. The summed E-state index contributed by atoms with van der Waals surface area (Å²) in [6, 6.07) is 3.55. The molecule has 0 atom stereocenters. The molecule has 2 aromatic rings. The fourth-order valence-electron chi connectivity index (χ4n) is 1.09. The van der Waals surface area contributed by atoms with Crippen LogP contribution in [0.3, 0.4) is 0 Å². The van der Waals surface area contributed by atoms with Gasteiger partial charge in [0.15, 0.2) is 5.82 Å². The number of rotatable bonds is 1. The molecule has 0 spiro atoms. The molecule has 0 saturated carbocycles. The minimum absolute atomic E-state index is 0.571. The maximum atomic E-state index is 4.25. The van der Waals surface area contributed by atoms with Crippen LogP contribution in [0, 0.1) is 6.92 Å². The van der Waals surface area contributed by atoms with Crippen LogP contribution in [-0.2, 0) is 0 Å². The van der Waals surface area contributed by atoms with Crippen LogP contribution < -0.4 is 0 Å². The van der Waals surface area contributed by atoms with Crippen LogP contribution in [0.15, 0.2) is 27.5 Å². The molecule has 2 rings (SSSR count). The molecule has 0 aromatic carbocycles. The zero-order valence-electron chi connectivity index (χ0n) is 7.78. The minimum atomic E-state index is 0.571. The van der Waals surface area contributed by atoms with Crippen molar-refractivity contribution in [1.82, 2.24) is 19.9 Å². The molecule has 0 aliphatic rings. The molecule has 4 nitrogen and oxygen atoms in total. The highest BCUT2D eigenvalue weighted by Gasteiger charge is 2.05. The van der Waals surface area contributed by atoms with Crippen molar-refractivity contribution in [2.75, 3.05) is 0 Å². The monoisotopic (exact) mass is 328 g/mol. The lowest BCUT2D eigenvalue weighted by Crippen LogP contribution is -1.95.